The standard InChI is InChI=1S/C11H25N3O2/c1-3-5-8-14(9-6-4-2)10-7-11(15)16-13-12/h13H,3-10,12H2,1-2H3. The van der Waals surface area contributed by atoms with Gasteiger partial charge in [0.25, 0.3) is 0 Å². The molecule has 0 aliphatic rings. The topological polar surface area (TPSA) is 67.6 Å². The number of hydrogen-bond donors (Lipinski definition) is 2. The maximum atomic E-state index is 11.1. The minimum atomic E-state index is -0.305. The Morgan fingerprint density at radius 3 is 2.19 bits per heavy atom. The van der Waals surface area contributed by atoms with Gasteiger partial charge in [-0.2, -0.15) is 0 Å². The van der Waals surface area contributed by atoms with E-state index in [0.717, 1.165) is 19.6 Å². The van der Waals surface area contributed by atoms with Crippen molar-refractivity contribution in [1.82, 2.24) is 10.5 Å². The molecule has 0 heterocycles. The molecule has 0 saturated heterocycles. The third kappa shape index (κ3) is 8.64. The van der Waals surface area contributed by atoms with Crippen molar-refractivity contribution >= 4 is 5.97 Å². The van der Waals surface area contributed by atoms with E-state index < -0.39 is 0 Å². The molecule has 0 saturated carbocycles. The summed E-state index contributed by atoms with van der Waals surface area (Å²) >= 11 is 0. The normalized spacial score (nSPS) is 10.8. The highest BCUT2D eigenvalue weighted by atomic mass is 16.7. The van der Waals surface area contributed by atoms with Crippen LogP contribution in [0.2, 0.25) is 0 Å². The number of unbranched alkanes of at least 4 members (excludes halogenated alkanes) is 2. The quantitative estimate of drug-likeness (QED) is 0.437. The summed E-state index contributed by atoms with van der Waals surface area (Å²) in [5, 5.41) is 0. The molecule has 0 aliphatic heterocycles. The zero-order chi connectivity index (χ0) is 12.2. The molecule has 0 atom stereocenters. The van der Waals surface area contributed by atoms with Crippen molar-refractivity contribution in [2.45, 2.75) is 46.0 Å². The van der Waals surface area contributed by atoms with Crippen LogP contribution < -0.4 is 11.4 Å². The third-order valence-electron chi connectivity index (χ3n) is 2.46. The van der Waals surface area contributed by atoms with Crippen LogP contribution in [0.1, 0.15) is 46.0 Å². The Morgan fingerprint density at radius 2 is 1.75 bits per heavy atom. The SMILES string of the molecule is CCCCN(CCCC)CCC(=O)ONN. The third-order valence-corrected chi connectivity index (χ3v) is 2.46. The molecule has 0 aliphatic carbocycles. The predicted molar refractivity (Wildman–Crippen MR) is 64.3 cm³/mol. The fourth-order valence-electron chi connectivity index (χ4n) is 1.47. The van der Waals surface area contributed by atoms with Gasteiger partial charge in [0.1, 0.15) is 0 Å². The summed E-state index contributed by atoms with van der Waals surface area (Å²) in [6.45, 7) is 7.20. The second kappa shape index (κ2) is 10.9. The first-order valence-corrected chi connectivity index (χ1v) is 6.12. The van der Waals surface area contributed by atoms with E-state index in [9.17, 15) is 4.79 Å². The van der Waals surface area contributed by atoms with E-state index in [1.54, 1.807) is 0 Å². The fraction of sp³-hybridized carbons (Fsp3) is 0.909. The average Bonchev–Trinajstić information content (AvgIpc) is 2.28. The van der Waals surface area contributed by atoms with Gasteiger partial charge in [-0.05, 0) is 25.9 Å². The van der Waals surface area contributed by atoms with Gasteiger partial charge in [0.15, 0.2) is 0 Å². The average molecular weight is 231 g/mol. The Labute approximate surface area is 98.2 Å². The summed E-state index contributed by atoms with van der Waals surface area (Å²) in [5.74, 6) is 4.58. The highest BCUT2D eigenvalue weighted by Gasteiger charge is 2.08. The van der Waals surface area contributed by atoms with Crippen molar-refractivity contribution < 1.29 is 9.63 Å². The molecule has 0 spiro atoms. The second-order valence-corrected chi connectivity index (χ2v) is 3.89. The lowest BCUT2D eigenvalue weighted by molar-refractivity contribution is -0.151. The van der Waals surface area contributed by atoms with Crippen molar-refractivity contribution in [3.8, 4) is 0 Å². The molecule has 96 valence electrons. The lowest BCUT2D eigenvalue weighted by Gasteiger charge is -2.21. The number of carbonyl (C=O) groups excluding carboxylic acids is 1. The first-order valence-electron chi connectivity index (χ1n) is 6.12. The van der Waals surface area contributed by atoms with E-state index in [1.807, 2.05) is 5.59 Å². The molecule has 0 aromatic carbocycles. The van der Waals surface area contributed by atoms with Crippen LogP contribution in [0.5, 0.6) is 0 Å². The lowest BCUT2D eigenvalue weighted by atomic mass is 10.2. The van der Waals surface area contributed by atoms with Crippen LogP contribution in [0.4, 0.5) is 0 Å². The Balaban J connectivity index is 3.75. The second-order valence-electron chi connectivity index (χ2n) is 3.89. The molecule has 0 fully saturated rings. The molecule has 0 unspecified atom stereocenters. The van der Waals surface area contributed by atoms with E-state index in [-0.39, 0.29) is 5.97 Å². The molecule has 0 rings (SSSR count). The largest absolute Gasteiger partial charge is 0.356 e. The van der Waals surface area contributed by atoms with Gasteiger partial charge in [-0.15, -0.1) is 0 Å². The van der Waals surface area contributed by atoms with E-state index in [4.69, 9.17) is 5.84 Å². The molecule has 0 bridgehead atoms. The van der Waals surface area contributed by atoms with E-state index in [0.29, 0.717) is 6.42 Å². The van der Waals surface area contributed by atoms with Crippen LogP contribution in [0.15, 0.2) is 0 Å². The van der Waals surface area contributed by atoms with Crippen LogP contribution in [0, 0.1) is 0 Å². The van der Waals surface area contributed by atoms with Crippen molar-refractivity contribution in [2.24, 2.45) is 5.84 Å². The van der Waals surface area contributed by atoms with Gasteiger partial charge in [0.05, 0.1) is 6.42 Å². The van der Waals surface area contributed by atoms with Crippen LogP contribution in [0.3, 0.4) is 0 Å². The molecule has 5 heteroatoms. The van der Waals surface area contributed by atoms with Gasteiger partial charge < -0.3 is 9.74 Å². The Bertz CT molecular complexity index is 169. The Hall–Kier alpha value is -0.650. The number of carbonyl (C=O) groups is 1. The predicted octanol–water partition coefficient (Wildman–Crippen LogP) is 1.20. The van der Waals surface area contributed by atoms with Gasteiger partial charge in [0.2, 0.25) is 0 Å². The number of nitrogens with one attached hydrogen (secondary N) is 1. The maximum Gasteiger partial charge on any atom is 0.327 e. The summed E-state index contributed by atoms with van der Waals surface area (Å²) in [4.78, 5) is 17.9. The fourth-order valence-corrected chi connectivity index (χ4v) is 1.47. The number of rotatable bonds is 10. The molecular formula is C11H25N3O2. The summed E-state index contributed by atoms with van der Waals surface area (Å²) in [7, 11) is 0. The highest BCUT2D eigenvalue weighted by Crippen LogP contribution is 2.00. The number of nitrogens with zero attached hydrogens (tertiary/aromatic N) is 1. The van der Waals surface area contributed by atoms with Gasteiger partial charge in [-0.3, -0.25) is 4.79 Å². The van der Waals surface area contributed by atoms with Gasteiger partial charge in [-0.25, -0.2) is 5.84 Å². The first-order chi connectivity index (χ1) is 7.74. The summed E-state index contributed by atoms with van der Waals surface area (Å²) in [5.41, 5.74) is 1.91. The Kier molecular flexibility index (Phi) is 10.4. The van der Waals surface area contributed by atoms with Crippen LogP contribution >= 0.6 is 0 Å². The van der Waals surface area contributed by atoms with Crippen LogP contribution in [-0.4, -0.2) is 30.5 Å². The molecule has 0 amide bonds. The van der Waals surface area contributed by atoms with Crippen molar-refractivity contribution in [3.05, 3.63) is 0 Å². The van der Waals surface area contributed by atoms with E-state index in [2.05, 4.69) is 23.6 Å². The van der Waals surface area contributed by atoms with Crippen LogP contribution in [-0.2, 0) is 9.63 Å². The van der Waals surface area contributed by atoms with Crippen molar-refractivity contribution in [1.29, 1.82) is 0 Å². The minimum Gasteiger partial charge on any atom is -0.356 e. The van der Waals surface area contributed by atoms with E-state index in [1.165, 1.54) is 25.7 Å². The van der Waals surface area contributed by atoms with E-state index >= 15 is 0 Å². The Morgan fingerprint density at radius 1 is 1.19 bits per heavy atom. The smallest absolute Gasteiger partial charge is 0.327 e. The summed E-state index contributed by atoms with van der Waals surface area (Å²) in [6, 6.07) is 0. The van der Waals surface area contributed by atoms with Gasteiger partial charge in [0, 0.05) is 6.54 Å². The number of nitrogens with two attached hydrogens (primary N) is 1. The van der Waals surface area contributed by atoms with Crippen molar-refractivity contribution in [2.75, 3.05) is 19.6 Å². The lowest BCUT2D eigenvalue weighted by Crippen LogP contribution is -2.31. The number of hydrogen-bond acceptors (Lipinski definition) is 5. The van der Waals surface area contributed by atoms with Gasteiger partial charge in [-0.1, -0.05) is 32.3 Å². The van der Waals surface area contributed by atoms with Gasteiger partial charge >= 0.3 is 5.97 Å². The molecule has 0 aromatic rings. The molecule has 3 N–H and O–H groups in total. The minimum absolute atomic E-state index is 0.305. The zero-order valence-corrected chi connectivity index (χ0v) is 10.5. The van der Waals surface area contributed by atoms with Crippen molar-refractivity contribution in [3.63, 3.8) is 0 Å². The number of hydrazine groups is 1. The molecular weight excluding hydrogens is 206 g/mol. The maximum absolute atomic E-state index is 11.1. The van der Waals surface area contributed by atoms with Crippen LogP contribution in [0.25, 0.3) is 0 Å². The highest BCUT2D eigenvalue weighted by molar-refractivity contribution is 5.69. The first kappa shape index (κ1) is 15.3. The monoisotopic (exact) mass is 231 g/mol. The molecule has 0 radical (unpaired) electrons. The summed E-state index contributed by atoms with van der Waals surface area (Å²) < 4.78 is 0. The summed E-state index contributed by atoms with van der Waals surface area (Å²) in [6.07, 6.45) is 5.09. The molecule has 0 aromatic heterocycles. The zero-order valence-electron chi connectivity index (χ0n) is 10.5. The molecule has 16 heavy (non-hydrogen) atoms. The molecule has 5 nitrogen and oxygen atoms in total.